The molecule has 0 atom stereocenters. The minimum absolute atomic E-state index is 0.576. The van der Waals surface area contributed by atoms with Crippen LogP contribution >= 0.6 is 0 Å². The zero-order chi connectivity index (χ0) is 15.0. The molecule has 1 heterocycles. The Morgan fingerprint density at radius 1 is 0.667 bits per heavy atom. The molecule has 3 nitrogen and oxygen atoms in total. The van der Waals surface area contributed by atoms with Crippen molar-refractivity contribution >= 4 is 0 Å². The third-order valence-electron chi connectivity index (χ3n) is 4.10. The fourth-order valence-corrected chi connectivity index (χ4v) is 2.41. The molecule has 0 aliphatic rings. The molecule has 106 valence electrons. The summed E-state index contributed by atoms with van der Waals surface area (Å²) in [6.07, 6.45) is 0. The van der Waals surface area contributed by atoms with Crippen LogP contribution in [0.1, 0.15) is 22.3 Å². The number of hydrogen-bond acceptors (Lipinski definition) is 3. The van der Waals surface area contributed by atoms with E-state index >= 15 is 0 Å². The van der Waals surface area contributed by atoms with Crippen molar-refractivity contribution in [2.45, 2.75) is 27.7 Å². The van der Waals surface area contributed by atoms with E-state index in [1.165, 1.54) is 22.3 Å². The number of nitrogens with zero attached hydrogens (tertiary/aromatic N) is 2. The summed E-state index contributed by atoms with van der Waals surface area (Å²) in [6, 6.07) is 12.2. The average molecular weight is 278 g/mol. The number of aromatic nitrogens is 2. The van der Waals surface area contributed by atoms with Crippen molar-refractivity contribution in [2.75, 3.05) is 0 Å². The summed E-state index contributed by atoms with van der Waals surface area (Å²) in [5.41, 5.74) is 6.79. The maximum absolute atomic E-state index is 5.91. The second kappa shape index (κ2) is 5.17. The van der Waals surface area contributed by atoms with Crippen LogP contribution < -0.4 is 0 Å². The van der Waals surface area contributed by atoms with E-state index in [0.29, 0.717) is 11.8 Å². The van der Waals surface area contributed by atoms with Gasteiger partial charge in [-0.1, -0.05) is 24.3 Å². The molecule has 2 aromatic carbocycles. The van der Waals surface area contributed by atoms with Gasteiger partial charge in [-0.15, -0.1) is 10.2 Å². The molecule has 1 aromatic heterocycles. The summed E-state index contributed by atoms with van der Waals surface area (Å²) < 4.78 is 5.91. The number of hydrogen-bond donors (Lipinski definition) is 0. The van der Waals surface area contributed by atoms with Crippen molar-refractivity contribution in [3.63, 3.8) is 0 Å². The molecular weight excluding hydrogens is 260 g/mol. The first kappa shape index (κ1) is 13.6. The highest BCUT2D eigenvalue weighted by atomic mass is 16.4. The van der Waals surface area contributed by atoms with Crippen molar-refractivity contribution in [3.8, 4) is 22.9 Å². The van der Waals surface area contributed by atoms with E-state index in [4.69, 9.17) is 4.42 Å². The van der Waals surface area contributed by atoms with Crippen LogP contribution in [0.2, 0.25) is 0 Å². The summed E-state index contributed by atoms with van der Waals surface area (Å²) in [7, 11) is 0. The Bertz CT molecular complexity index is 737. The quantitative estimate of drug-likeness (QED) is 0.685. The first-order valence-electron chi connectivity index (χ1n) is 7.04. The molecule has 3 rings (SSSR count). The highest BCUT2D eigenvalue weighted by molar-refractivity contribution is 5.64. The fraction of sp³-hybridized carbons (Fsp3) is 0.222. The molecule has 21 heavy (non-hydrogen) atoms. The van der Waals surface area contributed by atoms with Gasteiger partial charge in [0.25, 0.3) is 0 Å². The van der Waals surface area contributed by atoms with Gasteiger partial charge in [0.1, 0.15) is 0 Å². The molecule has 0 N–H and O–H groups in total. The molecule has 0 unspecified atom stereocenters. The van der Waals surface area contributed by atoms with Gasteiger partial charge in [-0.2, -0.15) is 0 Å². The van der Waals surface area contributed by atoms with E-state index < -0.39 is 0 Å². The van der Waals surface area contributed by atoms with Gasteiger partial charge in [-0.25, -0.2) is 0 Å². The Morgan fingerprint density at radius 3 is 1.52 bits per heavy atom. The lowest BCUT2D eigenvalue weighted by Gasteiger charge is -2.05. The van der Waals surface area contributed by atoms with E-state index in [1.807, 2.05) is 24.3 Å². The third kappa shape index (κ3) is 2.35. The standard InChI is InChI=1S/C18H18N2O/c1-11-7-5-9-15(13(11)3)17-19-20-18(21-17)16-10-6-8-12(2)14(16)4/h5-10H,1-4H3. The first-order valence-corrected chi connectivity index (χ1v) is 7.04. The lowest BCUT2D eigenvalue weighted by atomic mass is 10.0. The lowest BCUT2D eigenvalue weighted by molar-refractivity contribution is 0.583. The molecule has 0 fully saturated rings. The third-order valence-corrected chi connectivity index (χ3v) is 4.10. The van der Waals surface area contributed by atoms with E-state index in [0.717, 1.165) is 11.1 Å². The van der Waals surface area contributed by atoms with Crippen LogP contribution in [0, 0.1) is 27.7 Å². The van der Waals surface area contributed by atoms with Crippen molar-refractivity contribution in [3.05, 3.63) is 58.7 Å². The van der Waals surface area contributed by atoms with Crippen molar-refractivity contribution < 1.29 is 4.42 Å². The summed E-state index contributed by atoms with van der Waals surface area (Å²) in [5.74, 6) is 1.15. The van der Waals surface area contributed by atoms with Crippen molar-refractivity contribution in [1.29, 1.82) is 0 Å². The van der Waals surface area contributed by atoms with E-state index in [9.17, 15) is 0 Å². The predicted octanol–water partition coefficient (Wildman–Crippen LogP) is 4.64. The smallest absolute Gasteiger partial charge is 0.248 e. The number of benzene rings is 2. The molecule has 0 saturated heterocycles. The van der Waals surface area contributed by atoms with Crippen molar-refractivity contribution in [1.82, 2.24) is 10.2 Å². The van der Waals surface area contributed by atoms with Gasteiger partial charge in [0.15, 0.2) is 0 Å². The predicted molar refractivity (Wildman–Crippen MR) is 84.1 cm³/mol. The van der Waals surface area contributed by atoms with Gasteiger partial charge >= 0.3 is 0 Å². The van der Waals surface area contributed by atoms with Crippen LogP contribution in [-0.2, 0) is 0 Å². The molecule has 0 spiro atoms. The van der Waals surface area contributed by atoms with E-state index in [1.54, 1.807) is 0 Å². The maximum atomic E-state index is 5.91. The molecule has 0 aliphatic heterocycles. The first-order chi connectivity index (χ1) is 10.1. The van der Waals surface area contributed by atoms with Gasteiger partial charge in [-0.05, 0) is 62.1 Å². The molecule has 0 amide bonds. The second-order valence-corrected chi connectivity index (χ2v) is 5.41. The molecule has 0 bridgehead atoms. The molecule has 3 heteroatoms. The Labute approximate surface area is 124 Å². The van der Waals surface area contributed by atoms with Gasteiger partial charge in [0.05, 0.1) is 0 Å². The Kier molecular flexibility index (Phi) is 3.34. The van der Waals surface area contributed by atoms with Gasteiger partial charge in [0.2, 0.25) is 11.8 Å². The summed E-state index contributed by atoms with van der Waals surface area (Å²) in [6.45, 7) is 8.32. The monoisotopic (exact) mass is 278 g/mol. The topological polar surface area (TPSA) is 38.9 Å². The fourth-order valence-electron chi connectivity index (χ4n) is 2.41. The van der Waals surface area contributed by atoms with Gasteiger partial charge < -0.3 is 4.42 Å². The minimum Gasteiger partial charge on any atom is -0.416 e. The van der Waals surface area contributed by atoms with Gasteiger partial charge in [0, 0.05) is 11.1 Å². The number of aryl methyl sites for hydroxylation is 2. The highest BCUT2D eigenvalue weighted by Gasteiger charge is 2.14. The molecule has 0 aliphatic carbocycles. The second-order valence-electron chi connectivity index (χ2n) is 5.41. The van der Waals surface area contributed by atoms with Crippen molar-refractivity contribution in [2.24, 2.45) is 0 Å². The average Bonchev–Trinajstić information content (AvgIpc) is 2.94. The highest BCUT2D eigenvalue weighted by Crippen LogP contribution is 2.29. The molecule has 0 saturated carbocycles. The van der Waals surface area contributed by atoms with Crippen LogP contribution in [0.25, 0.3) is 22.9 Å². The van der Waals surface area contributed by atoms with Crippen LogP contribution in [0.15, 0.2) is 40.8 Å². The number of rotatable bonds is 2. The summed E-state index contributed by atoms with van der Waals surface area (Å²) in [5, 5.41) is 8.44. The largest absolute Gasteiger partial charge is 0.416 e. The Balaban J connectivity index is 2.08. The van der Waals surface area contributed by atoms with Crippen LogP contribution in [0.3, 0.4) is 0 Å². The van der Waals surface area contributed by atoms with Gasteiger partial charge in [-0.3, -0.25) is 0 Å². The Morgan fingerprint density at radius 2 is 1.10 bits per heavy atom. The van der Waals surface area contributed by atoms with E-state index in [-0.39, 0.29) is 0 Å². The zero-order valence-electron chi connectivity index (χ0n) is 12.8. The zero-order valence-corrected chi connectivity index (χ0v) is 12.8. The summed E-state index contributed by atoms with van der Waals surface area (Å²) in [4.78, 5) is 0. The lowest BCUT2D eigenvalue weighted by Crippen LogP contribution is -1.86. The van der Waals surface area contributed by atoms with E-state index in [2.05, 4.69) is 50.0 Å². The SMILES string of the molecule is Cc1cccc(-c2nnc(-c3cccc(C)c3C)o2)c1C. The van der Waals surface area contributed by atoms with Crippen LogP contribution in [0.4, 0.5) is 0 Å². The minimum atomic E-state index is 0.576. The molecule has 0 radical (unpaired) electrons. The molecule has 3 aromatic rings. The van der Waals surface area contributed by atoms with Crippen LogP contribution in [-0.4, -0.2) is 10.2 Å². The van der Waals surface area contributed by atoms with Crippen LogP contribution in [0.5, 0.6) is 0 Å². The normalized spacial score (nSPS) is 10.9. The maximum Gasteiger partial charge on any atom is 0.248 e. The Hall–Kier alpha value is -2.42. The summed E-state index contributed by atoms with van der Waals surface area (Å²) >= 11 is 0. The molecular formula is C18H18N2O.